The third-order valence-electron chi connectivity index (χ3n) is 4.23. The summed E-state index contributed by atoms with van der Waals surface area (Å²) in [5, 5.41) is 3.10. The zero-order valence-corrected chi connectivity index (χ0v) is 13.8. The minimum absolute atomic E-state index is 0.0753. The summed E-state index contributed by atoms with van der Waals surface area (Å²) >= 11 is 3.47. The zero-order valence-electron chi connectivity index (χ0n) is 12.2. The Bertz CT molecular complexity index is 440. The van der Waals surface area contributed by atoms with Crippen LogP contribution >= 0.6 is 15.9 Å². The van der Waals surface area contributed by atoms with Gasteiger partial charge < -0.3 is 5.32 Å². The predicted octanol–water partition coefficient (Wildman–Crippen LogP) is 4.99. The molecule has 110 valence electrons. The van der Waals surface area contributed by atoms with E-state index >= 15 is 0 Å². The molecule has 1 fully saturated rings. The van der Waals surface area contributed by atoms with Gasteiger partial charge in [0, 0.05) is 10.9 Å². The van der Waals surface area contributed by atoms with Crippen molar-refractivity contribution in [3.8, 4) is 0 Å². The first-order valence-electron chi connectivity index (χ1n) is 7.70. The molecule has 0 radical (unpaired) electrons. The van der Waals surface area contributed by atoms with E-state index in [0.717, 1.165) is 22.4 Å². The van der Waals surface area contributed by atoms with Crippen LogP contribution in [0.1, 0.15) is 63.5 Å². The highest BCUT2D eigenvalue weighted by molar-refractivity contribution is 9.10. The van der Waals surface area contributed by atoms with E-state index in [4.69, 9.17) is 0 Å². The first-order chi connectivity index (χ1) is 9.65. The van der Waals surface area contributed by atoms with Gasteiger partial charge in [0.2, 0.25) is 5.91 Å². The van der Waals surface area contributed by atoms with Crippen LogP contribution < -0.4 is 5.32 Å². The van der Waals surface area contributed by atoms with Crippen LogP contribution in [0.2, 0.25) is 0 Å². The van der Waals surface area contributed by atoms with Gasteiger partial charge in [0.05, 0.1) is 6.04 Å². The average molecular weight is 338 g/mol. The molecule has 0 heterocycles. The summed E-state index contributed by atoms with van der Waals surface area (Å²) in [7, 11) is 0. The van der Waals surface area contributed by atoms with Crippen LogP contribution in [0.4, 0.5) is 0 Å². The normalized spacial score (nSPS) is 17.7. The molecule has 20 heavy (non-hydrogen) atoms. The van der Waals surface area contributed by atoms with Crippen molar-refractivity contribution in [2.24, 2.45) is 5.92 Å². The van der Waals surface area contributed by atoms with E-state index in [0.29, 0.717) is 6.42 Å². The van der Waals surface area contributed by atoms with Crippen molar-refractivity contribution < 1.29 is 4.79 Å². The van der Waals surface area contributed by atoms with E-state index in [1.54, 1.807) is 0 Å². The number of halogens is 1. The van der Waals surface area contributed by atoms with Crippen LogP contribution in [0.25, 0.3) is 0 Å². The molecule has 1 aromatic rings. The van der Waals surface area contributed by atoms with E-state index < -0.39 is 0 Å². The quantitative estimate of drug-likeness (QED) is 0.805. The predicted molar refractivity (Wildman–Crippen MR) is 86.5 cm³/mol. The molecule has 0 spiro atoms. The Labute approximate surface area is 130 Å². The number of hydrogen-bond donors (Lipinski definition) is 1. The molecule has 1 aliphatic carbocycles. The van der Waals surface area contributed by atoms with Crippen molar-refractivity contribution >= 4 is 21.8 Å². The molecule has 3 heteroatoms. The Balaban J connectivity index is 1.76. The summed E-state index contributed by atoms with van der Waals surface area (Å²) in [4.78, 5) is 12.0. The highest BCUT2D eigenvalue weighted by Gasteiger charge is 2.16. The van der Waals surface area contributed by atoms with Crippen molar-refractivity contribution in [1.82, 2.24) is 5.32 Å². The highest BCUT2D eigenvalue weighted by Crippen LogP contribution is 2.27. The van der Waals surface area contributed by atoms with Gasteiger partial charge in [-0.1, -0.05) is 60.2 Å². The van der Waals surface area contributed by atoms with Crippen LogP contribution in [-0.2, 0) is 4.79 Å². The number of hydrogen-bond acceptors (Lipinski definition) is 1. The monoisotopic (exact) mass is 337 g/mol. The molecular weight excluding hydrogens is 314 g/mol. The van der Waals surface area contributed by atoms with Gasteiger partial charge in [-0.05, 0) is 37.0 Å². The van der Waals surface area contributed by atoms with Crippen molar-refractivity contribution in [3.63, 3.8) is 0 Å². The highest BCUT2D eigenvalue weighted by atomic mass is 79.9. The molecule has 0 aliphatic heterocycles. The van der Waals surface area contributed by atoms with Gasteiger partial charge in [-0.2, -0.15) is 0 Å². The van der Waals surface area contributed by atoms with Crippen molar-refractivity contribution in [1.29, 1.82) is 0 Å². The molecule has 1 amide bonds. The Morgan fingerprint density at radius 1 is 1.35 bits per heavy atom. The maximum Gasteiger partial charge on any atom is 0.220 e. The van der Waals surface area contributed by atoms with Gasteiger partial charge in [0.1, 0.15) is 0 Å². The molecule has 2 rings (SSSR count). The maximum absolute atomic E-state index is 12.0. The largest absolute Gasteiger partial charge is 0.350 e. The molecule has 1 atom stereocenters. The third-order valence-corrected chi connectivity index (χ3v) is 4.72. The van der Waals surface area contributed by atoms with Crippen molar-refractivity contribution in [3.05, 3.63) is 34.3 Å². The van der Waals surface area contributed by atoms with Gasteiger partial charge in [0.15, 0.2) is 0 Å². The number of benzene rings is 1. The Hall–Kier alpha value is -0.830. The minimum Gasteiger partial charge on any atom is -0.350 e. The summed E-state index contributed by atoms with van der Waals surface area (Å²) < 4.78 is 1.05. The fourth-order valence-electron chi connectivity index (χ4n) is 2.98. The molecule has 0 saturated heterocycles. The second-order valence-corrected chi connectivity index (χ2v) is 6.80. The summed E-state index contributed by atoms with van der Waals surface area (Å²) in [6.45, 7) is 2.04. The lowest BCUT2D eigenvalue weighted by atomic mass is 9.86. The topological polar surface area (TPSA) is 29.1 Å². The standard InChI is InChI=1S/C17H24BrNO/c1-13(15-8-5-9-16(18)12-15)19-17(20)11-10-14-6-3-2-4-7-14/h5,8-9,12-14H,2-4,6-7,10-11H2,1H3,(H,19,20). The number of carbonyl (C=O) groups is 1. The smallest absolute Gasteiger partial charge is 0.220 e. The van der Waals surface area contributed by atoms with Gasteiger partial charge in [-0.3, -0.25) is 4.79 Å². The first-order valence-corrected chi connectivity index (χ1v) is 8.49. The van der Waals surface area contributed by atoms with Crippen molar-refractivity contribution in [2.75, 3.05) is 0 Å². The molecule has 1 N–H and O–H groups in total. The molecule has 1 unspecified atom stereocenters. The van der Waals surface area contributed by atoms with Gasteiger partial charge in [0.25, 0.3) is 0 Å². The summed E-state index contributed by atoms with van der Waals surface area (Å²) in [5.41, 5.74) is 1.14. The third kappa shape index (κ3) is 4.93. The minimum atomic E-state index is 0.0753. The summed E-state index contributed by atoms with van der Waals surface area (Å²) in [6.07, 6.45) is 8.42. The fraction of sp³-hybridized carbons (Fsp3) is 0.588. The van der Waals surface area contributed by atoms with E-state index in [1.165, 1.54) is 32.1 Å². The van der Waals surface area contributed by atoms with Gasteiger partial charge in [-0.15, -0.1) is 0 Å². The Morgan fingerprint density at radius 2 is 2.10 bits per heavy atom. The maximum atomic E-state index is 12.0. The lowest BCUT2D eigenvalue weighted by molar-refractivity contribution is -0.122. The lowest BCUT2D eigenvalue weighted by Gasteiger charge is -2.21. The number of carbonyl (C=O) groups excluding carboxylic acids is 1. The number of amides is 1. The zero-order chi connectivity index (χ0) is 14.4. The van der Waals surface area contributed by atoms with Gasteiger partial charge in [-0.25, -0.2) is 0 Å². The van der Waals surface area contributed by atoms with Crippen LogP contribution in [0.5, 0.6) is 0 Å². The molecular formula is C17H24BrNO. The molecule has 1 aliphatic rings. The number of rotatable bonds is 5. The molecule has 1 aromatic carbocycles. The average Bonchev–Trinajstić information content (AvgIpc) is 2.46. The second kappa shape index (κ2) is 7.82. The van der Waals surface area contributed by atoms with Crippen LogP contribution in [0.3, 0.4) is 0 Å². The van der Waals surface area contributed by atoms with E-state index in [9.17, 15) is 4.79 Å². The molecule has 0 aromatic heterocycles. The first kappa shape index (κ1) is 15.6. The van der Waals surface area contributed by atoms with E-state index in [1.807, 2.05) is 19.1 Å². The fourth-order valence-corrected chi connectivity index (χ4v) is 3.40. The SMILES string of the molecule is CC(NC(=O)CCC1CCCCC1)c1cccc(Br)c1. The van der Waals surface area contributed by atoms with E-state index in [-0.39, 0.29) is 11.9 Å². The molecule has 2 nitrogen and oxygen atoms in total. The Kier molecular flexibility index (Phi) is 6.08. The second-order valence-electron chi connectivity index (χ2n) is 5.89. The van der Waals surface area contributed by atoms with Crippen LogP contribution in [0, 0.1) is 5.92 Å². The van der Waals surface area contributed by atoms with Crippen LogP contribution in [-0.4, -0.2) is 5.91 Å². The molecule has 0 bridgehead atoms. The Morgan fingerprint density at radius 3 is 2.80 bits per heavy atom. The van der Waals surface area contributed by atoms with Gasteiger partial charge >= 0.3 is 0 Å². The number of nitrogens with one attached hydrogen (secondary N) is 1. The van der Waals surface area contributed by atoms with E-state index in [2.05, 4.69) is 33.4 Å². The van der Waals surface area contributed by atoms with Crippen LogP contribution in [0.15, 0.2) is 28.7 Å². The summed E-state index contributed by atoms with van der Waals surface area (Å²) in [5.74, 6) is 0.957. The lowest BCUT2D eigenvalue weighted by Crippen LogP contribution is -2.27. The van der Waals surface area contributed by atoms with Crippen molar-refractivity contribution in [2.45, 2.75) is 57.9 Å². The molecule has 1 saturated carbocycles. The summed E-state index contributed by atoms with van der Waals surface area (Å²) in [6, 6.07) is 8.19.